The first-order valence-electron chi connectivity index (χ1n) is 8.02. The average molecular weight is 324 g/mol. The van der Waals surface area contributed by atoms with E-state index < -0.39 is 0 Å². The second-order valence-corrected chi connectivity index (χ2v) is 5.65. The summed E-state index contributed by atoms with van der Waals surface area (Å²) in [5, 5.41) is 0. The molecule has 0 aliphatic carbocycles. The lowest BCUT2D eigenvalue weighted by molar-refractivity contribution is 1.08. The minimum absolute atomic E-state index is 0.217. The lowest BCUT2D eigenvalue weighted by Crippen LogP contribution is -2.02. The average Bonchev–Trinajstić information content (AvgIpc) is 2.69. The monoisotopic (exact) mass is 324 g/mol. The third-order valence-electron chi connectivity index (χ3n) is 3.91. The fraction of sp³-hybridized carbons (Fsp3) is 0. The molecule has 0 atom stereocenters. The van der Waals surface area contributed by atoms with E-state index in [-0.39, 0.29) is 5.95 Å². The molecule has 4 nitrogen and oxygen atoms in total. The van der Waals surface area contributed by atoms with Crippen LogP contribution in [0.5, 0.6) is 0 Å². The Bertz CT molecular complexity index is 999. The topological polar surface area (TPSA) is 64.7 Å². The van der Waals surface area contributed by atoms with Gasteiger partial charge in [-0.15, -0.1) is 0 Å². The van der Waals surface area contributed by atoms with Gasteiger partial charge in [0.1, 0.15) is 0 Å². The van der Waals surface area contributed by atoms with E-state index in [2.05, 4.69) is 39.2 Å². The highest BCUT2D eigenvalue weighted by atomic mass is 15.1. The maximum atomic E-state index is 5.92. The Kier molecular flexibility index (Phi) is 3.92. The van der Waals surface area contributed by atoms with Crippen molar-refractivity contribution in [3.63, 3.8) is 0 Å². The van der Waals surface area contributed by atoms with Crippen molar-refractivity contribution in [2.75, 3.05) is 5.73 Å². The van der Waals surface area contributed by atoms with E-state index in [4.69, 9.17) is 5.73 Å². The number of hydrogen-bond acceptors (Lipinski definition) is 4. The molecule has 0 aliphatic rings. The zero-order valence-corrected chi connectivity index (χ0v) is 13.5. The van der Waals surface area contributed by atoms with E-state index in [1.165, 1.54) is 0 Å². The first-order chi connectivity index (χ1) is 12.3. The third kappa shape index (κ3) is 3.23. The Labute approximate surface area is 146 Å². The number of benzene rings is 3. The summed E-state index contributed by atoms with van der Waals surface area (Å²) in [5.74, 6) is 1.37. The molecule has 25 heavy (non-hydrogen) atoms. The number of nitrogen functional groups attached to an aromatic ring is 1. The molecule has 0 unspecified atom stereocenters. The van der Waals surface area contributed by atoms with E-state index >= 15 is 0 Å². The molecule has 2 N–H and O–H groups in total. The number of nitrogens with two attached hydrogens (primary N) is 1. The molecule has 120 valence electrons. The Morgan fingerprint density at radius 3 is 1.68 bits per heavy atom. The lowest BCUT2D eigenvalue weighted by atomic mass is 10.0. The van der Waals surface area contributed by atoms with Gasteiger partial charge < -0.3 is 5.73 Å². The van der Waals surface area contributed by atoms with E-state index in [1.807, 2.05) is 60.7 Å². The quantitative estimate of drug-likeness (QED) is 0.604. The molecule has 0 aliphatic heterocycles. The number of aromatic nitrogens is 3. The van der Waals surface area contributed by atoms with Crippen molar-refractivity contribution in [3.8, 4) is 33.9 Å². The summed E-state index contributed by atoms with van der Waals surface area (Å²) in [7, 11) is 0. The van der Waals surface area contributed by atoms with Crippen LogP contribution in [0.25, 0.3) is 33.9 Å². The summed E-state index contributed by atoms with van der Waals surface area (Å²) in [6.07, 6.45) is 0. The Balaban J connectivity index is 1.79. The molecular formula is C21H16N4. The van der Waals surface area contributed by atoms with Crippen molar-refractivity contribution < 1.29 is 0 Å². The van der Waals surface area contributed by atoms with Crippen LogP contribution < -0.4 is 5.73 Å². The van der Waals surface area contributed by atoms with Crippen molar-refractivity contribution in [1.82, 2.24) is 15.0 Å². The van der Waals surface area contributed by atoms with Crippen LogP contribution in [-0.4, -0.2) is 15.0 Å². The fourth-order valence-corrected chi connectivity index (χ4v) is 2.71. The molecule has 4 heteroatoms. The Morgan fingerprint density at radius 2 is 1.00 bits per heavy atom. The first kappa shape index (κ1) is 15.0. The summed E-state index contributed by atoms with van der Waals surface area (Å²) in [6.45, 7) is 0. The molecular weight excluding hydrogens is 308 g/mol. The van der Waals surface area contributed by atoms with Gasteiger partial charge in [0.05, 0.1) is 0 Å². The third-order valence-corrected chi connectivity index (χ3v) is 3.91. The van der Waals surface area contributed by atoms with Crippen molar-refractivity contribution in [1.29, 1.82) is 0 Å². The van der Waals surface area contributed by atoms with Gasteiger partial charge in [0.2, 0.25) is 5.95 Å². The zero-order chi connectivity index (χ0) is 17.1. The molecule has 4 rings (SSSR count). The highest BCUT2D eigenvalue weighted by Crippen LogP contribution is 2.26. The molecule has 0 saturated heterocycles. The standard InChI is InChI=1S/C21H16N4/c22-21-24-19(16-10-5-2-6-11-16)23-20(25-21)18-13-7-12-17(14-18)15-8-3-1-4-9-15/h1-14H,(H2,22,23,24,25). The second-order valence-electron chi connectivity index (χ2n) is 5.65. The zero-order valence-electron chi connectivity index (χ0n) is 13.5. The van der Waals surface area contributed by atoms with Gasteiger partial charge in [0.25, 0.3) is 0 Å². The van der Waals surface area contributed by atoms with Gasteiger partial charge >= 0.3 is 0 Å². The molecule has 1 heterocycles. The summed E-state index contributed by atoms with van der Waals surface area (Å²) in [4.78, 5) is 13.2. The van der Waals surface area contributed by atoms with Crippen LogP contribution in [0.1, 0.15) is 0 Å². The van der Waals surface area contributed by atoms with E-state index in [9.17, 15) is 0 Å². The highest BCUT2D eigenvalue weighted by Gasteiger charge is 2.09. The molecule has 4 aromatic rings. The summed E-state index contributed by atoms with van der Waals surface area (Å²) in [5.41, 5.74) is 10.0. The number of hydrogen-bond donors (Lipinski definition) is 1. The van der Waals surface area contributed by atoms with Crippen molar-refractivity contribution in [3.05, 3.63) is 84.9 Å². The van der Waals surface area contributed by atoms with E-state index in [0.29, 0.717) is 11.6 Å². The van der Waals surface area contributed by atoms with Crippen LogP contribution in [-0.2, 0) is 0 Å². The maximum Gasteiger partial charge on any atom is 0.224 e. The Morgan fingerprint density at radius 1 is 0.480 bits per heavy atom. The van der Waals surface area contributed by atoms with Crippen LogP contribution in [0.3, 0.4) is 0 Å². The predicted octanol–water partition coefficient (Wildman–Crippen LogP) is 4.45. The summed E-state index contributed by atoms with van der Waals surface area (Å²) < 4.78 is 0. The molecule has 0 amide bonds. The van der Waals surface area contributed by atoms with Crippen molar-refractivity contribution >= 4 is 5.95 Å². The molecule has 0 bridgehead atoms. The van der Waals surface area contributed by atoms with Crippen LogP contribution in [0.4, 0.5) is 5.95 Å². The SMILES string of the molecule is Nc1nc(-c2ccccc2)nc(-c2cccc(-c3ccccc3)c2)n1. The van der Waals surface area contributed by atoms with Crippen molar-refractivity contribution in [2.24, 2.45) is 0 Å². The second kappa shape index (κ2) is 6.53. The lowest BCUT2D eigenvalue weighted by Gasteiger charge is -2.07. The molecule has 0 radical (unpaired) electrons. The van der Waals surface area contributed by atoms with Crippen LogP contribution in [0.15, 0.2) is 84.9 Å². The van der Waals surface area contributed by atoms with Gasteiger partial charge in [-0.2, -0.15) is 9.97 Å². The first-order valence-corrected chi connectivity index (χ1v) is 8.02. The van der Waals surface area contributed by atoms with Crippen LogP contribution >= 0.6 is 0 Å². The maximum absolute atomic E-state index is 5.92. The fourth-order valence-electron chi connectivity index (χ4n) is 2.71. The van der Waals surface area contributed by atoms with Crippen LogP contribution in [0, 0.1) is 0 Å². The Hall–Kier alpha value is -3.53. The van der Waals surface area contributed by atoms with E-state index in [1.54, 1.807) is 0 Å². The van der Waals surface area contributed by atoms with Gasteiger partial charge in [-0.1, -0.05) is 78.9 Å². The largest absolute Gasteiger partial charge is 0.368 e. The highest BCUT2D eigenvalue weighted by molar-refractivity contribution is 5.71. The molecule has 3 aromatic carbocycles. The van der Waals surface area contributed by atoms with Gasteiger partial charge in [-0.25, -0.2) is 4.98 Å². The molecule has 0 saturated carbocycles. The minimum Gasteiger partial charge on any atom is -0.368 e. The van der Waals surface area contributed by atoms with Crippen molar-refractivity contribution in [2.45, 2.75) is 0 Å². The number of anilines is 1. The van der Waals surface area contributed by atoms with Crippen LogP contribution in [0.2, 0.25) is 0 Å². The minimum atomic E-state index is 0.217. The van der Waals surface area contributed by atoms with Gasteiger partial charge in [0.15, 0.2) is 11.6 Å². The normalized spacial score (nSPS) is 10.6. The number of rotatable bonds is 3. The molecule has 0 fully saturated rings. The molecule has 1 aromatic heterocycles. The number of nitrogens with zero attached hydrogens (tertiary/aromatic N) is 3. The van der Waals surface area contributed by atoms with Gasteiger partial charge in [-0.05, 0) is 17.2 Å². The summed E-state index contributed by atoms with van der Waals surface area (Å²) >= 11 is 0. The molecule has 0 spiro atoms. The van der Waals surface area contributed by atoms with E-state index in [0.717, 1.165) is 22.3 Å². The predicted molar refractivity (Wildman–Crippen MR) is 101 cm³/mol. The van der Waals surface area contributed by atoms with Gasteiger partial charge in [-0.3, -0.25) is 0 Å². The van der Waals surface area contributed by atoms with Gasteiger partial charge in [0, 0.05) is 11.1 Å². The summed E-state index contributed by atoms with van der Waals surface area (Å²) in [6, 6.07) is 28.1. The smallest absolute Gasteiger partial charge is 0.224 e.